The average molecular weight is 269 g/mol. The Morgan fingerprint density at radius 1 is 1.21 bits per heavy atom. The molecule has 1 aliphatic carbocycles. The van der Waals surface area contributed by atoms with Gasteiger partial charge in [-0.15, -0.1) is 0 Å². The summed E-state index contributed by atoms with van der Waals surface area (Å²) in [7, 11) is 3.39. The maximum atomic E-state index is 11.8. The Balaban J connectivity index is 2.38. The molecule has 0 aromatic carbocycles. The van der Waals surface area contributed by atoms with Gasteiger partial charge in [-0.1, -0.05) is 20.8 Å². The highest BCUT2D eigenvalue weighted by Gasteiger charge is 2.33. The van der Waals surface area contributed by atoms with E-state index in [4.69, 9.17) is 4.74 Å². The first-order valence-electron chi connectivity index (χ1n) is 7.09. The molecule has 0 aromatic heterocycles. The summed E-state index contributed by atoms with van der Waals surface area (Å²) in [5, 5.41) is 0. The highest BCUT2D eigenvalue weighted by Crippen LogP contribution is 2.39. The molecule has 110 valence electrons. The van der Waals surface area contributed by atoms with E-state index in [2.05, 4.69) is 20.8 Å². The van der Waals surface area contributed by atoms with Gasteiger partial charge in [0.2, 0.25) is 5.91 Å². The Labute approximate surface area is 116 Å². The van der Waals surface area contributed by atoms with Gasteiger partial charge >= 0.3 is 5.97 Å². The number of rotatable bonds is 4. The summed E-state index contributed by atoms with van der Waals surface area (Å²) in [4.78, 5) is 24.7. The Morgan fingerprint density at radius 3 is 2.37 bits per heavy atom. The zero-order chi connectivity index (χ0) is 14.6. The molecule has 1 aliphatic rings. The van der Waals surface area contributed by atoms with Gasteiger partial charge in [0.05, 0.1) is 6.42 Å². The number of carbonyl (C=O) groups excluding carboxylic acids is 2. The molecule has 4 heteroatoms. The van der Waals surface area contributed by atoms with E-state index in [0.29, 0.717) is 5.92 Å². The van der Waals surface area contributed by atoms with Gasteiger partial charge in [0.25, 0.3) is 0 Å². The molecule has 4 nitrogen and oxygen atoms in total. The molecule has 1 amide bonds. The van der Waals surface area contributed by atoms with Crippen molar-refractivity contribution >= 4 is 11.9 Å². The van der Waals surface area contributed by atoms with Crippen LogP contribution in [-0.4, -0.2) is 37.0 Å². The first-order valence-corrected chi connectivity index (χ1v) is 7.09. The molecular formula is C15H27NO3. The van der Waals surface area contributed by atoms with Gasteiger partial charge in [0, 0.05) is 20.5 Å². The zero-order valence-corrected chi connectivity index (χ0v) is 12.9. The van der Waals surface area contributed by atoms with Gasteiger partial charge in [-0.2, -0.15) is 0 Å². The third-order valence-corrected chi connectivity index (χ3v) is 3.69. The Morgan fingerprint density at radius 2 is 1.84 bits per heavy atom. The fraction of sp³-hybridized carbons (Fsp3) is 0.867. The van der Waals surface area contributed by atoms with E-state index in [9.17, 15) is 9.59 Å². The predicted octanol–water partition coefficient (Wildman–Crippen LogP) is 2.61. The topological polar surface area (TPSA) is 46.6 Å². The van der Waals surface area contributed by atoms with E-state index >= 15 is 0 Å². The van der Waals surface area contributed by atoms with Gasteiger partial charge in [0.1, 0.15) is 6.10 Å². The van der Waals surface area contributed by atoms with Crippen molar-refractivity contribution in [3.8, 4) is 0 Å². The summed E-state index contributed by atoms with van der Waals surface area (Å²) in [6, 6.07) is 0. The molecule has 0 radical (unpaired) electrons. The molecule has 0 spiro atoms. The number of amides is 1. The first-order chi connectivity index (χ1) is 8.69. The summed E-state index contributed by atoms with van der Waals surface area (Å²) in [5.74, 6) is 0.310. The molecule has 0 aromatic rings. The van der Waals surface area contributed by atoms with Crippen molar-refractivity contribution in [2.45, 2.75) is 59.0 Å². The van der Waals surface area contributed by atoms with Crippen LogP contribution >= 0.6 is 0 Å². The van der Waals surface area contributed by atoms with Crippen LogP contribution in [0.15, 0.2) is 0 Å². The van der Waals surface area contributed by atoms with Crippen LogP contribution in [0.1, 0.15) is 52.9 Å². The molecule has 1 fully saturated rings. The molecule has 0 saturated heterocycles. The Kier molecular flexibility index (Phi) is 5.39. The van der Waals surface area contributed by atoms with E-state index in [1.165, 1.54) is 11.3 Å². The van der Waals surface area contributed by atoms with Crippen LogP contribution in [0.3, 0.4) is 0 Å². The summed E-state index contributed by atoms with van der Waals surface area (Å²) < 4.78 is 5.52. The lowest BCUT2D eigenvalue weighted by Crippen LogP contribution is -2.34. The van der Waals surface area contributed by atoms with Crippen molar-refractivity contribution in [3.05, 3.63) is 0 Å². The number of esters is 1. The van der Waals surface area contributed by atoms with Crippen molar-refractivity contribution in [2.75, 3.05) is 14.1 Å². The van der Waals surface area contributed by atoms with E-state index < -0.39 is 0 Å². The zero-order valence-electron chi connectivity index (χ0n) is 12.9. The van der Waals surface area contributed by atoms with Crippen LogP contribution in [0.2, 0.25) is 0 Å². The van der Waals surface area contributed by atoms with Gasteiger partial charge < -0.3 is 9.64 Å². The molecule has 2 atom stereocenters. The molecule has 0 unspecified atom stereocenters. The smallest absolute Gasteiger partial charge is 0.306 e. The molecule has 0 aliphatic heterocycles. The van der Waals surface area contributed by atoms with E-state index in [-0.39, 0.29) is 36.2 Å². The van der Waals surface area contributed by atoms with Crippen LogP contribution in [0.4, 0.5) is 0 Å². The highest BCUT2D eigenvalue weighted by atomic mass is 16.5. The summed E-state index contributed by atoms with van der Waals surface area (Å²) >= 11 is 0. The normalized spacial score (nSPS) is 25.7. The van der Waals surface area contributed by atoms with Crippen molar-refractivity contribution in [1.29, 1.82) is 0 Å². The first kappa shape index (κ1) is 16.0. The van der Waals surface area contributed by atoms with Crippen molar-refractivity contribution in [3.63, 3.8) is 0 Å². The third kappa shape index (κ3) is 5.62. The fourth-order valence-corrected chi connectivity index (χ4v) is 3.03. The van der Waals surface area contributed by atoms with Crippen LogP contribution in [0, 0.1) is 11.3 Å². The minimum Gasteiger partial charge on any atom is -0.462 e. The number of ether oxygens (including phenoxy) is 1. The highest BCUT2D eigenvalue weighted by molar-refractivity contribution is 5.81. The number of hydrogen-bond donors (Lipinski definition) is 0. The summed E-state index contributed by atoms with van der Waals surface area (Å²) in [5.41, 5.74) is 0.238. The maximum Gasteiger partial charge on any atom is 0.306 e. The Bertz CT molecular complexity index is 336. The van der Waals surface area contributed by atoms with Crippen LogP contribution in [0.25, 0.3) is 0 Å². The second-order valence-electron chi connectivity index (χ2n) is 6.81. The predicted molar refractivity (Wildman–Crippen MR) is 74.6 cm³/mol. The second-order valence-corrected chi connectivity index (χ2v) is 6.81. The van der Waals surface area contributed by atoms with Gasteiger partial charge in [-0.05, 0) is 30.6 Å². The molecule has 0 heterocycles. The van der Waals surface area contributed by atoms with Crippen molar-refractivity contribution < 1.29 is 14.3 Å². The lowest BCUT2D eigenvalue weighted by atomic mass is 9.71. The van der Waals surface area contributed by atoms with Crippen LogP contribution in [0.5, 0.6) is 0 Å². The van der Waals surface area contributed by atoms with Crippen LogP contribution < -0.4 is 0 Å². The van der Waals surface area contributed by atoms with Gasteiger partial charge in [-0.3, -0.25) is 9.59 Å². The monoisotopic (exact) mass is 269 g/mol. The van der Waals surface area contributed by atoms with E-state index in [1.54, 1.807) is 14.1 Å². The van der Waals surface area contributed by atoms with Crippen molar-refractivity contribution in [2.24, 2.45) is 11.3 Å². The second kappa shape index (κ2) is 6.40. The molecule has 1 saturated carbocycles. The number of nitrogens with zero attached hydrogens (tertiary/aromatic N) is 1. The number of carbonyl (C=O) groups is 2. The molecular weight excluding hydrogens is 242 g/mol. The van der Waals surface area contributed by atoms with Crippen LogP contribution in [-0.2, 0) is 14.3 Å². The quantitative estimate of drug-likeness (QED) is 0.737. The molecule has 19 heavy (non-hydrogen) atoms. The molecule has 1 rings (SSSR count). The standard InChI is InChI=1S/C15H27NO3/c1-11-8-12(10-15(2,3)9-11)19-14(18)7-6-13(17)16(4)5/h11-12H,6-10H2,1-5H3/t11-,12+/m1/s1. The largest absolute Gasteiger partial charge is 0.462 e. The van der Waals surface area contributed by atoms with Gasteiger partial charge in [-0.25, -0.2) is 0 Å². The maximum absolute atomic E-state index is 11.8. The summed E-state index contributed by atoms with van der Waals surface area (Å²) in [6.45, 7) is 6.65. The van der Waals surface area contributed by atoms with Gasteiger partial charge in [0.15, 0.2) is 0 Å². The minimum absolute atomic E-state index is 0.0145. The average Bonchev–Trinajstić information content (AvgIpc) is 2.22. The number of hydrogen-bond acceptors (Lipinski definition) is 3. The fourth-order valence-electron chi connectivity index (χ4n) is 3.03. The third-order valence-electron chi connectivity index (χ3n) is 3.69. The Hall–Kier alpha value is -1.06. The summed E-state index contributed by atoms with van der Waals surface area (Å²) in [6.07, 6.45) is 3.47. The molecule has 0 bridgehead atoms. The minimum atomic E-state index is -0.245. The van der Waals surface area contributed by atoms with Crippen molar-refractivity contribution in [1.82, 2.24) is 4.90 Å². The van der Waals surface area contributed by atoms with E-state index in [0.717, 1.165) is 12.8 Å². The SMILES string of the molecule is C[C@@H]1C[C@H](OC(=O)CCC(=O)N(C)C)CC(C)(C)C1. The lowest BCUT2D eigenvalue weighted by molar-refractivity contribution is -0.154. The van der Waals surface area contributed by atoms with E-state index in [1.807, 2.05) is 0 Å². The molecule has 0 N–H and O–H groups in total. The lowest BCUT2D eigenvalue weighted by Gasteiger charge is -2.38.